The van der Waals surface area contributed by atoms with Crippen molar-refractivity contribution in [3.63, 3.8) is 0 Å². The Balaban J connectivity index is 1.56. The summed E-state index contributed by atoms with van der Waals surface area (Å²) in [6.45, 7) is 5.22. The summed E-state index contributed by atoms with van der Waals surface area (Å²) in [6.07, 6.45) is 4.04. The van der Waals surface area contributed by atoms with Crippen LogP contribution in [-0.2, 0) is 4.74 Å². The fourth-order valence-electron chi connectivity index (χ4n) is 4.55. The van der Waals surface area contributed by atoms with Crippen molar-refractivity contribution in [1.29, 1.82) is 0 Å². The lowest BCUT2D eigenvalue weighted by atomic mass is 9.94. The van der Waals surface area contributed by atoms with Crippen molar-refractivity contribution in [3.05, 3.63) is 71.2 Å². The van der Waals surface area contributed by atoms with E-state index in [1.165, 1.54) is 0 Å². The zero-order valence-corrected chi connectivity index (χ0v) is 20.4. The third-order valence-corrected chi connectivity index (χ3v) is 7.13. The van der Waals surface area contributed by atoms with Gasteiger partial charge in [0.15, 0.2) is 0 Å². The molecule has 0 saturated carbocycles. The van der Waals surface area contributed by atoms with Gasteiger partial charge < -0.3 is 14.6 Å². The van der Waals surface area contributed by atoms with Crippen LogP contribution in [0.2, 0.25) is 0 Å². The summed E-state index contributed by atoms with van der Waals surface area (Å²) in [5.41, 5.74) is 4.59. The van der Waals surface area contributed by atoms with E-state index in [2.05, 4.69) is 22.6 Å². The van der Waals surface area contributed by atoms with Gasteiger partial charge in [0.1, 0.15) is 0 Å². The molecule has 1 saturated heterocycles. The molecule has 3 heterocycles. The second-order valence-electron chi connectivity index (χ2n) is 8.69. The van der Waals surface area contributed by atoms with Crippen LogP contribution in [0.1, 0.15) is 42.8 Å². The predicted octanol–water partition coefficient (Wildman–Crippen LogP) is 5.44. The number of nitrogens with zero attached hydrogens (tertiary/aromatic N) is 3. The first kappa shape index (κ1) is 22.7. The van der Waals surface area contributed by atoms with Gasteiger partial charge in [-0.05, 0) is 56.7 Å². The molecule has 1 fully saturated rings. The van der Waals surface area contributed by atoms with E-state index < -0.39 is 6.04 Å². The van der Waals surface area contributed by atoms with Gasteiger partial charge in [0.2, 0.25) is 5.82 Å². The minimum absolute atomic E-state index is 0.0323. The molecule has 2 aliphatic rings. The van der Waals surface area contributed by atoms with Crippen molar-refractivity contribution in [3.8, 4) is 11.4 Å². The molecule has 1 N–H and O–H groups in total. The molecule has 0 spiro atoms. The number of aromatic nitrogens is 2. The number of carbonyl (C=O) groups is 1. The van der Waals surface area contributed by atoms with Crippen molar-refractivity contribution in [1.82, 2.24) is 20.4 Å². The van der Waals surface area contributed by atoms with Crippen molar-refractivity contribution in [2.45, 2.75) is 43.7 Å². The van der Waals surface area contributed by atoms with Gasteiger partial charge in [-0.25, -0.2) is 4.79 Å². The predicted molar refractivity (Wildman–Crippen MR) is 132 cm³/mol. The number of ether oxygens (including phenoxy) is 1. The zero-order chi connectivity index (χ0) is 23.7. The second kappa shape index (κ2) is 9.64. The van der Waals surface area contributed by atoms with Crippen LogP contribution in [0.4, 0.5) is 4.79 Å². The van der Waals surface area contributed by atoms with Crippen LogP contribution in [0.15, 0.2) is 63.6 Å². The first-order valence-electron chi connectivity index (χ1n) is 11.5. The normalized spacial score (nSPS) is 20.7. The van der Waals surface area contributed by atoms with Crippen LogP contribution in [0.25, 0.3) is 17.0 Å². The van der Waals surface area contributed by atoms with Crippen molar-refractivity contribution in [2.75, 3.05) is 19.4 Å². The fraction of sp³-hybridized carbons (Fsp3) is 0.346. The number of urea groups is 1. The summed E-state index contributed by atoms with van der Waals surface area (Å²) in [5, 5.41) is 7.43. The van der Waals surface area contributed by atoms with E-state index in [-0.39, 0.29) is 12.1 Å². The third-order valence-electron chi connectivity index (χ3n) is 6.39. The number of amides is 2. The summed E-state index contributed by atoms with van der Waals surface area (Å²) in [7, 11) is 0. The van der Waals surface area contributed by atoms with E-state index in [9.17, 15) is 4.79 Å². The monoisotopic (exact) mass is 476 g/mol. The number of thioether (sulfide) groups is 1. The first-order chi connectivity index (χ1) is 16.5. The van der Waals surface area contributed by atoms with Gasteiger partial charge in [-0.15, -0.1) is 11.8 Å². The summed E-state index contributed by atoms with van der Waals surface area (Å²) < 4.78 is 11.6. The standard InChI is InChI=1S/C26H28N4O3S/c1-16-6-4-7-19(14-16)24-28-25(33-29-24)22-17(2)30(15-20-8-5-13-32-20)26(31)27-23(22)18-9-11-21(34-3)12-10-18/h4,6-7,9-12,14,20,23H,5,8,13,15H2,1-3H3,(H,27,31). The molecule has 3 aromatic rings. The molecular weight excluding hydrogens is 448 g/mol. The molecule has 8 heteroatoms. The average Bonchev–Trinajstić information content (AvgIpc) is 3.54. The molecule has 1 aromatic heterocycles. The quantitative estimate of drug-likeness (QED) is 0.477. The smallest absolute Gasteiger partial charge is 0.322 e. The van der Waals surface area contributed by atoms with Crippen LogP contribution in [0.5, 0.6) is 0 Å². The molecule has 2 unspecified atom stereocenters. The lowest BCUT2D eigenvalue weighted by molar-refractivity contribution is 0.0877. The van der Waals surface area contributed by atoms with E-state index >= 15 is 0 Å². The van der Waals surface area contributed by atoms with E-state index in [0.717, 1.165) is 52.3 Å². The Morgan fingerprint density at radius 2 is 2.00 bits per heavy atom. The zero-order valence-electron chi connectivity index (χ0n) is 19.6. The van der Waals surface area contributed by atoms with Gasteiger partial charge in [-0.1, -0.05) is 41.1 Å². The van der Waals surface area contributed by atoms with Crippen LogP contribution in [-0.4, -0.2) is 46.6 Å². The molecule has 0 radical (unpaired) electrons. The van der Waals surface area contributed by atoms with Gasteiger partial charge in [-0.3, -0.25) is 4.90 Å². The number of benzene rings is 2. The van der Waals surface area contributed by atoms with Crippen molar-refractivity contribution < 1.29 is 14.1 Å². The molecule has 0 bridgehead atoms. The number of hydrogen-bond acceptors (Lipinski definition) is 6. The van der Waals surface area contributed by atoms with E-state index in [1.807, 2.05) is 56.5 Å². The highest BCUT2D eigenvalue weighted by Crippen LogP contribution is 2.38. The number of aryl methyl sites for hydroxylation is 1. The minimum Gasteiger partial charge on any atom is -0.376 e. The van der Waals surface area contributed by atoms with Gasteiger partial charge in [0.25, 0.3) is 5.89 Å². The van der Waals surface area contributed by atoms with Gasteiger partial charge in [-0.2, -0.15) is 4.98 Å². The Bertz CT molecular complexity index is 1210. The van der Waals surface area contributed by atoms with Gasteiger partial charge >= 0.3 is 6.03 Å². The largest absolute Gasteiger partial charge is 0.376 e. The second-order valence-corrected chi connectivity index (χ2v) is 9.57. The molecule has 5 rings (SSSR count). The SMILES string of the molecule is CSc1ccc(C2NC(=O)N(CC3CCCO3)C(C)=C2c2nc(-c3cccc(C)c3)no2)cc1. The van der Waals surface area contributed by atoms with Crippen molar-refractivity contribution in [2.24, 2.45) is 0 Å². The number of nitrogens with one attached hydrogen (secondary N) is 1. The summed E-state index contributed by atoms with van der Waals surface area (Å²) in [6, 6.07) is 15.7. The molecule has 2 aromatic carbocycles. The Labute approximate surface area is 203 Å². The van der Waals surface area contributed by atoms with E-state index in [0.29, 0.717) is 18.3 Å². The topological polar surface area (TPSA) is 80.5 Å². The number of carbonyl (C=O) groups excluding carboxylic acids is 1. The highest BCUT2D eigenvalue weighted by atomic mass is 32.2. The highest BCUT2D eigenvalue weighted by molar-refractivity contribution is 7.98. The van der Waals surface area contributed by atoms with Crippen LogP contribution < -0.4 is 5.32 Å². The summed E-state index contributed by atoms with van der Waals surface area (Å²) in [4.78, 5) is 20.8. The Kier molecular flexibility index (Phi) is 6.43. The number of allylic oxidation sites excluding steroid dienone is 1. The highest BCUT2D eigenvalue weighted by Gasteiger charge is 2.37. The Morgan fingerprint density at radius 3 is 2.71 bits per heavy atom. The third kappa shape index (κ3) is 4.48. The number of hydrogen-bond donors (Lipinski definition) is 1. The molecule has 2 aliphatic heterocycles. The fourth-order valence-corrected chi connectivity index (χ4v) is 4.96. The average molecular weight is 477 g/mol. The number of rotatable bonds is 6. The molecule has 34 heavy (non-hydrogen) atoms. The molecule has 2 amide bonds. The minimum atomic E-state index is -0.394. The molecule has 0 aliphatic carbocycles. The van der Waals surface area contributed by atoms with Crippen LogP contribution >= 0.6 is 11.8 Å². The molecule has 176 valence electrons. The Morgan fingerprint density at radius 1 is 1.18 bits per heavy atom. The van der Waals surface area contributed by atoms with Gasteiger partial charge in [0, 0.05) is 22.8 Å². The summed E-state index contributed by atoms with van der Waals surface area (Å²) >= 11 is 1.68. The lowest BCUT2D eigenvalue weighted by Crippen LogP contribution is -2.48. The Hall–Kier alpha value is -3.10. The van der Waals surface area contributed by atoms with Crippen LogP contribution in [0, 0.1) is 6.92 Å². The maximum absolute atomic E-state index is 13.2. The molecular formula is C26H28N4O3S. The van der Waals surface area contributed by atoms with E-state index in [1.54, 1.807) is 16.7 Å². The van der Waals surface area contributed by atoms with E-state index in [4.69, 9.17) is 14.2 Å². The lowest BCUT2D eigenvalue weighted by Gasteiger charge is -2.36. The van der Waals surface area contributed by atoms with Crippen molar-refractivity contribution >= 4 is 23.4 Å². The van der Waals surface area contributed by atoms with Crippen LogP contribution in [0.3, 0.4) is 0 Å². The first-order valence-corrected chi connectivity index (χ1v) is 12.7. The maximum atomic E-state index is 13.2. The summed E-state index contributed by atoms with van der Waals surface area (Å²) in [5.74, 6) is 0.934. The maximum Gasteiger partial charge on any atom is 0.322 e. The molecule has 7 nitrogen and oxygen atoms in total. The molecule has 2 atom stereocenters. The van der Waals surface area contributed by atoms with Gasteiger partial charge in [0.05, 0.1) is 24.3 Å².